The van der Waals surface area contributed by atoms with Crippen LogP contribution in [0.3, 0.4) is 0 Å². The number of carboxylic acids is 1. The van der Waals surface area contributed by atoms with Crippen LogP contribution in [0.25, 0.3) is 0 Å². The van der Waals surface area contributed by atoms with Gasteiger partial charge in [-0.1, -0.05) is 31.2 Å². The molecule has 0 atom stereocenters. The lowest BCUT2D eigenvalue weighted by Crippen LogP contribution is -2.34. The van der Waals surface area contributed by atoms with Crippen molar-refractivity contribution >= 4 is 11.9 Å². The van der Waals surface area contributed by atoms with E-state index in [1.165, 1.54) is 5.56 Å². The number of rotatable bonds is 7. The highest BCUT2D eigenvalue weighted by Gasteiger charge is 2.13. The van der Waals surface area contributed by atoms with Crippen LogP contribution in [0.2, 0.25) is 0 Å². The second-order valence-electron chi connectivity index (χ2n) is 4.46. The number of carbonyl (C=O) groups excluding carboxylic acids is 1. The summed E-state index contributed by atoms with van der Waals surface area (Å²) in [5.74, 6) is -0.897. The molecule has 0 spiro atoms. The molecule has 104 valence electrons. The van der Waals surface area contributed by atoms with E-state index in [4.69, 9.17) is 5.11 Å². The molecule has 1 aromatic rings. The van der Waals surface area contributed by atoms with Gasteiger partial charge in [-0.3, -0.25) is 9.59 Å². The van der Waals surface area contributed by atoms with Gasteiger partial charge >= 0.3 is 5.97 Å². The maximum absolute atomic E-state index is 12.0. The van der Waals surface area contributed by atoms with Gasteiger partial charge in [0.15, 0.2) is 0 Å². The van der Waals surface area contributed by atoms with Crippen molar-refractivity contribution in [1.29, 1.82) is 0 Å². The molecule has 0 saturated heterocycles. The monoisotopic (exact) mass is 263 g/mol. The Morgan fingerprint density at radius 3 is 2.16 bits per heavy atom. The largest absolute Gasteiger partial charge is 0.481 e. The summed E-state index contributed by atoms with van der Waals surface area (Å²) in [4.78, 5) is 24.2. The molecular weight excluding hydrogens is 242 g/mol. The maximum Gasteiger partial charge on any atom is 0.305 e. The lowest BCUT2D eigenvalue weighted by Gasteiger charge is -2.20. The highest BCUT2D eigenvalue weighted by molar-refractivity contribution is 5.79. The normalized spacial score (nSPS) is 10.2. The fourth-order valence-electron chi connectivity index (χ4n) is 1.87. The molecule has 0 heterocycles. The van der Waals surface area contributed by atoms with E-state index in [0.717, 1.165) is 12.0 Å². The number of nitrogens with zero attached hydrogens (tertiary/aromatic N) is 1. The van der Waals surface area contributed by atoms with Crippen molar-refractivity contribution in [2.45, 2.75) is 33.1 Å². The first-order chi connectivity index (χ1) is 9.06. The molecule has 0 radical (unpaired) electrons. The predicted octanol–water partition coefficient (Wildman–Crippen LogP) is 2.11. The average Bonchev–Trinajstić information content (AvgIpc) is 2.40. The van der Waals surface area contributed by atoms with Crippen LogP contribution < -0.4 is 0 Å². The van der Waals surface area contributed by atoms with Gasteiger partial charge in [0.2, 0.25) is 5.91 Å². The fourth-order valence-corrected chi connectivity index (χ4v) is 1.87. The summed E-state index contributed by atoms with van der Waals surface area (Å²) in [5, 5.41) is 8.65. The Hall–Kier alpha value is -1.84. The Labute approximate surface area is 114 Å². The summed E-state index contributed by atoms with van der Waals surface area (Å²) in [6.07, 6.45) is 1.31. The van der Waals surface area contributed by atoms with Crippen molar-refractivity contribution in [2.24, 2.45) is 0 Å². The van der Waals surface area contributed by atoms with Crippen molar-refractivity contribution in [3.05, 3.63) is 35.4 Å². The number of benzene rings is 1. The number of amides is 1. The quantitative estimate of drug-likeness (QED) is 0.819. The number of hydrogen-bond donors (Lipinski definition) is 1. The molecule has 1 N–H and O–H groups in total. The lowest BCUT2D eigenvalue weighted by molar-refractivity contribution is -0.138. The highest BCUT2D eigenvalue weighted by atomic mass is 16.4. The first kappa shape index (κ1) is 15.2. The van der Waals surface area contributed by atoms with E-state index >= 15 is 0 Å². The summed E-state index contributed by atoms with van der Waals surface area (Å²) in [7, 11) is 0. The molecule has 0 aromatic heterocycles. The zero-order valence-corrected chi connectivity index (χ0v) is 11.6. The molecule has 0 aliphatic rings. The molecule has 0 aliphatic heterocycles. The molecule has 1 rings (SSSR count). The number of aryl methyl sites for hydroxylation is 1. The molecule has 1 amide bonds. The van der Waals surface area contributed by atoms with E-state index < -0.39 is 5.97 Å². The molecule has 0 unspecified atom stereocenters. The Bertz CT molecular complexity index is 426. The number of likely N-dealkylation sites (N-methyl/N-ethyl adjacent to an activating group) is 1. The van der Waals surface area contributed by atoms with Crippen molar-refractivity contribution in [1.82, 2.24) is 4.90 Å². The van der Waals surface area contributed by atoms with Crippen LogP contribution in [0, 0.1) is 0 Å². The van der Waals surface area contributed by atoms with Gasteiger partial charge in [0.1, 0.15) is 0 Å². The lowest BCUT2D eigenvalue weighted by atomic mass is 10.1. The number of hydrogen-bond acceptors (Lipinski definition) is 2. The number of carbonyl (C=O) groups is 2. The molecule has 1 aromatic carbocycles. The zero-order valence-electron chi connectivity index (χ0n) is 11.6. The standard InChI is InChI=1S/C15H21NO3/c1-3-12-5-7-13(8-6-12)11-14(17)16(4-2)10-9-15(18)19/h5-8H,3-4,9-11H2,1-2H3,(H,18,19). The Balaban J connectivity index is 2.57. The third kappa shape index (κ3) is 5.12. The van der Waals surface area contributed by atoms with E-state index in [0.29, 0.717) is 13.0 Å². The minimum atomic E-state index is -0.876. The van der Waals surface area contributed by atoms with Gasteiger partial charge in [-0.25, -0.2) is 0 Å². The Morgan fingerprint density at radius 1 is 1.11 bits per heavy atom. The van der Waals surface area contributed by atoms with Crippen molar-refractivity contribution in [3.8, 4) is 0 Å². The van der Waals surface area contributed by atoms with Crippen LogP contribution in [0.5, 0.6) is 0 Å². The zero-order chi connectivity index (χ0) is 14.3. The van der Waals surface area contributed by atoms with Gasteiger partial charge in [0, 0.05) is 13.1 Å². The number of aliphatic carboxylic acids is 1. The highest BCUT2D eigenvalue weighted by Crippen LogP contribution is 2.07. The van der Waals surface area contributed by atoms with E-state index in [1.807, 2.05) is 31.2 Å². The molecule has 4 heteroatoms. The molecule has 0 saturated carbocycles. The summed E-state index contributed by atoms with van der Waals surface area (Å²) < 4.78 is 0. The van der Waals surface area contributed by atoms with E-state index in [2.05, 4.69) is 6.92 Å². The number of carboxylic acid groups (broad SMARTS) is 1. The van der Waals surface area contributed by atoms with Gasteiger partial charge in [-0.05, 0) is 24.5 Å². The SMILES string of the molecule is CCc1ccc(CC(=O)N(CC)CCC(=O)O)cc1. The van der Waals surface area contributed by atoms with Gasteiger partial charge in [-0.15, -0.1) is 0 Å². The van der Waals surface area contributed by atoms with Gasteiger partial charge in [0.25, 0.3) is 0 Å². The van der Waals surface area contributed by atoms with E-state index in [1.54, 1.807) is 4.90 Å². The smallest absolute Gasteiger partial charge is 0.305 e. The molecule has 0 bridgehead atoms. The van der Waals surface area contributed by atoms with E-state index in [9.17, 15) is 9.59 Å². The van der Waals surface area contributed by atoms with Crippen molar-refractivity contribution in [2.75, 3.05) is 13.1 Å². The molecule has 4 nitrogen and oxygen atoms in total. The van der Waals surface area contributed by atoms with Crippen molar-refractivity contribution in [3.63, 3.8) is 0 Å². The average molecular weight is 263 g/mol. The maximum atomic E-state index is 12.0. The van der Waals surface area contributed by atoms with Gasteiger partial charge < -0.3 is 10.0 Å². The Kier molecular flexibility index (Phi) is 6.06. The van der Waals surface area contributed by atoms with Crippen LogP contribution in [-0.4, -0.2) is 35.0 Å². The van der Waals surface area contributed by atoms with Crippen LogP contribution >= 0.6 is 0 Å². The minimum absolute atomic E-state index is 0.00560. The predicted molar refractivity (Wildman–Crippen MR) is 74.0 cm³/mol. The van der Waals surface area contributed by atoms with E-state index in [-0.39, 0.29) is 18.9 Å². The molecule has 0 fully saturated rings. The third-order valence-electron chi connectivity index (χ3n) is 3.12. The van der Waals surface area contributed by atoms with Crippen molar-refractivity contribution < 1.29 is 14.7 Å². The molecule has 19 heavy (non-hydrogen) atoms. The van der Waals surface area contributed by atoms with Crippen LogP contribution in [-0.2, 0) is 22.4 Å². The first-order valence-corrected chi connectivity index (χ1v) is 6.64. The Morgan fingerprint density at radius 2 is 1.68 bits per heavy atom. The second-order valence-corrected chi connectivity index (χ2v) is 4.46. The molecular formula is C15H21NO3. The molecule has 0 aliphatic carbocycles. The topological polar surface area (TPSA) is 57.6 Å². The third-order valence-corrected chi connectivity index (χ3v) is 3.12. The summed E-state index contributed by atoms with van der Waals surface area (Å²) in [6.45, 7) is 4.77. The summed E-state index contributed by atoms with van der Waals surface area (Å²) >= 11 is 0. The fraction of sp³-hybridized carbons (Fsp3) is 0.467. The first-order valence-electron chi connectivity index (χ1n) is 6.64. The summed E-state index contributed by atoms with van der Waals surface area (Å²) in [5.41, 5.74) is 2.21. The van der Waals surface area contributed by atoms with Gasteiger partial charge in [0.05, 0.1) is 12.8 Å². The minimum Gasteiger partial charge on any atom is -0.481 e. The summed E-state index contributed by atoms with van der Waals surface area (Å²) in [6, 6.07) is 7.97. The van der Waals surface area contributed by atoms with Crippen LogP contribution in [0.15, 0.2) is 24.3 Å². The second kappa shape index (κ2) is 7.56. The van der Waals surface area contributed by atoms with Gasteiger partial charge in [-0.2, -0.15) is 0 Å². The van der Waals surface area contributed by atoms with Crippen LogP contribution in [0.1, 0.15) is 31.4 Å². The van der Waals surface area contributed by atoms with Crippen LogP contribution in [0.4, 0.5) is 0 Å².